The van der Waals surface area contributed by atoms with Crippen LogP contribution in [0.1, 0.15) is 219 Å². The molecule has 0 bridgehead atoms. The van der Waals surface area contributed by atoms with Gasteiger partial charge < -0.3 is 30.2 Å². The molecule has 1 atom stereocenters. The summed E-state index contributed by atoms with van der Waals surface area (Å²) >= 11 is 0. The maximum absolute atomic E-state index is 12.8. The molecule has 320 valence electrons. The number of amides is 3. The van der Waals surface area contributed by atoms with E-state index in [0.29, 0.717) is 26.2 Å². The van der Waals surface area contributed by atoms with Crippen molar-refractivity contribution in [2.45, 2.75) is 225 Å². The molecule has 3 N–H and O–H groups in total. The van der Waals surface area contributed by atoms with E-state index < -0.39 is 12.0 Å². The predicted octanol–water partition coefficient (Wildman–Crippen LogP) is 11.5. The summed E-state index contributed by atoms with van der Waals surface area (Å²) in [5.41, 5.74) is 0. The molecule has 0 aromatic carbocycles. The number of ether oxygens (including phenoxy) is 3. The van der Waals surface area contributed by atoms with Crippen LogP contribution in [-0.2, 0) is 23.8 Å². The minimum atomic E-state index is -0.950. The van der Waals surface area contributed by atoms with Gasteiger partial charge in [0.1, 0.15) is 12.6 Å². The molecule has 0 heterocycles. The van der Waals surface area contributed by atoms with Crippen molar-refractivity contribution in [3.63, 3.8) is 0 Å². The van der Waals surface area contributed by atoms with Gasteiger partial charge in [0, 0.05) is 20.1 Å². The number of nitrogens with one attached hydrogen (secondary N) is 3. The lowest BCUT2D eigenvalue weighted by atomic mass is 10.0. The van der Waals surface area contributed by atoms with Crippen LogP contribution in [0.4, 0.5) is 4.79 Å². The number of hydrogen-bond acceptors (Lipinski definition) is 6. The van der Waals surface area contributed by atoms with Crippen LogP contribution in [0, 0.1) is 0 Å². The van der Waals surface area contributed by atoms with E-state index in [1.807, 2.05) is 0 Å². The Morgan fingerprint density at radius 3 is 1.28 bits per heavy atom. The number of unbranched alkanes of at least 4 members (excludes halogenated alkanes) is 29. The predicted molar refractivity (Wildman–Crippen MR) is 226 cm³/mol. The zero-order chi connectivity index (χ0) is 39.4. The van der Waals surface area contributed by atoms with E-state index in [2.05, 4.69) is 29.8 Å². The highest BCUT2D eigenvalue weighted by atomic mass is 16.6. The third-order valence-electron chi connectivity index (χ3n) is 10.3. The molecule has 54 heavy (non-hydrogen) atoms. The minimum absolute atomic E-state index is 0.0290. The molecule has 3 amide bonds. The Morgan fingerprint density at radius 2 is 0.852 bits per heavy atom. The number of hydrogen-bond donors (Lipinski definition) is 3. The number of esters is 1. The summed E-state index contributed by atoms with van der Waals surface area (Å²) in [5, 5.41) is 8.43. The second-order valence-electron chi connectivity index (χ2n) is 15.5. The van der Waals surface area contributed by atoms with Gasteiger partial charge in [0.15, 0.2) is 0 Å². The van der Waals surface area contributed by atoms with Gasteiger partial charge in [-0.25, -0.2) is 9.59 Å². The molecule has 0 aliphatic rings. The highest BCUT2D eigenvalue weighted by Gasteiger charge is 2.23. The fraction of sp³-hybridized carbons (Fsp3) is 0.933. The van der Waals surface area contributed by atoms with Crippen molar-refractivity contribution < 1.29 is 28.6 Å². The lowest BCUT2D eigenvalue weighted by Gasteiger charge is -2.19. The summed E-state index contributed by atoms with van der Waals surface area (Å²) in [6.07, 6.45) is 40.3. The second kappa shape index (κ2) is 43.9. The third-order valence-corrected chi connectivity index (χ3v) is 10.3. The minimum Gasteiger partial charge on any atom is -0.462 e. The molecule has 9 nitrogen and oxygen atoms in total. The van der Waals surface area contributed by atoms with Gasteiger partial charge in [-0.15, -0.1) is 0 Å². The normalized spacial score (nSPS) is 11.8. The first kappa shape index (κ1) is 52.1. The first-order valence-electron chi connectivity index (χ1n) is 23.1. The van der Waals surface area contributed by atoms with Gasteiger partial charge in [0.25, 0.3) is 0 Å². The summed E-state index contributed by atoms with van der Waals surface area (Å²) in [6, 6.07) is -1.29. The van der Waals surface area contributed by atoms with E-state index >= 15 is 0 Å². The summed E-state index contributed by atoms with van der Waals surface area (Å²) in [4.78, 5) is 38.1. The van der Waals surface area contributed by atoms with Crippen LogP contribution in [0.2, 0.25) is 0 Å². The molecule has 0 rings (SSSR count). The SMILES string of the molecule is CCCCCCCCCCCCCCCCCCCC(=O)NC(CNC(=O)NCCCCCCCCCCCCCCCC)C(=O)OCCOCCOC. The molecule has 0 aromatic heterocycles. The van der Waals surface area contributed by atoms with Crippen molar-refractivity contribution in [1.29, 1.82) is 0 Å². The van der Waals surface area contributed by atoms with Crippen LogP contribution in [-0.4, -0.2) is 70.6 Å². The smallest absolute Gasteiger partial charge is 0.330 e. The van der Waals surface area contributed by atoms with Gasteiger partial charge in [0.05, 0.1) is 26.4 Å². The molecule has 0 fully saturated rings. The number of rotatable bonds is 43. The van der Waals surface area contributed by atoms with Crippen molar-refractivity contribution in [2.75, 3.05) is 46.6 Å². The summed E-state index contributed by atoms with van der Waals surface area (Å²) < 4.78 is 15.7. The lowest BCUT2D eigenvalue weighted by Crippen LogP contribution is -2.51. The van der Waals surface area contributed by atoms with E-state index in [1.54, 1.807) is 7.11 Å². The highest BCUT2D eigenvalue weighted by molar-refractivity contribution is 5.85. The number of carbonyl (C=O) groups excluding carboxylic acids is 3. The molecule has 1 unspecified atom stereocenters. The van der Waals surface area contributed by atoms with Gasteiger partial charge in [0.2, 0.25) is 5.91 Å². The third kappa shape index (κ3) is 39.8. The second-order valence-corrected chi connectivity index (χ2v) is 15.5. The van der Waals surface area contributed by atoms with Crippen molar-refractivity contribution in [3.05, 3.63) is 0 Å². The molecule has 0 radical (unpaired) electrons. The largest absolute Gasteiger partial charge is 0.462 e. The zero-order valence-corrected chi connectivity index (χ0v) is 35.9. The first-order valence-corrected chi connectivity index (χ1v) is 23.1. The number of carbonyl (C=O) groups is 3. The Kier molecular flexibility index (Phi) is 42.3. The van der Waals surface area contributed by atoms with Crippen molar-refractivity contribution in [2.24, 2.45) is 0 Å². The topological polar surface area (TPSA) is 115 Å². The fourth-order valence-corrected chi connectivity index (χ4v) is 6.80. The molecular formula is C45H89N3O6. The van der Waals surface area contributed by atoms with Crippen molar-refractivity contribution in [3.8, 4) is 0 Å². The van der Waals surface area contributed by atoms with Gasteiger partial charge in [-0.05, 0) is 12.8 Å². The van der Waals surface area contributed by atoms with Crippen LogP contribution in [0.25, 0.3) is 0 Å². The van der Waals surface area contributed by atoms with Crippen LogP contribution in [0.3, 0.4) is 0 Å². The Bertz CT molecular complexity index is 814. The Balaban J connectivity index is 4.11. The number of methoxy groups -OCH3 is 1. The van der Waals surface area contributed by atoms with Gasteiger partial charge in [-0.2, -0.15) is 0 Å². The summed E-state index contributed by atoms with van der Waals surface area (Å²) in [7, 11) is 1.60. The molecule has 0 saturated carbocycles. The van der Waals surface area contributed by atoms with Gasteiger partial charge in [-0.3, -0.25) is 4.79 Å². The number of urea groups is 1. The Morgan fingerprint density at radius 1 is 0.463 bits per heavy atom. The van der Waals surface area contributed by atoms with E-state index in [-0.39, 0.29) is 31.7 Å². The molecule has 0 aliphatic heterocycles. The molecular weight excluding hydrogens is 679 g/mol. The van der Waals surface area contributed by atoms with Gasteiger partial charge >= 0.3 is 12.0 Å². The highest BCUT2D eigenvalue weighted by Crippen LogP contribution is 2.15. The van der Waals surface area contributed by atoms with E-state index in [9.17, 15) is 14.4 Å². The monoisotopic (exact) mass is 768 g/mol. The molecule has 0 aromatic rings. The standard InChI is InChI=1S/C45H89N3O6/c1-4-6-8-10-12-14-16-18-20-21-22-23-25-27-29-31-33-35-43(49)48-42(44(50)54-40-39-53-38-37-52-3)41-47-45(51)46-36-34-32-30-28-26-24-19-17-15-13-11-9-7-5-2/h42H,4-41H2,1-3H3,(H,48,49)(H2,46,47,51). The van der Waals surface area contributed by atoms with Crippen molar-refractivity contribution in [1.82, 2.24) is 16.0 Å². The van der Waals surface area contributed by atoms with E-state index in [4.69, 9.17) is 14.2 Å². The maximum Gasteiger partial charge on any atom is 0.330 e. The maximum atomic E-state index is 12.8. The molecule has 9 heteroatoms. The fourth-order valence-electron chi connectivity index (χ4n) is 6.80. The lowest BCUT2D eigenvalue weighted by molar-refractivity contribution is -0.149. The quantitative estimate of drug-likeness (QED) is 0.0420. The Hall–Kier alpha value is -1.87. The molecule has 0 spiro atoms. The van der Waals surface area contributed by atoms with Crippen LogP contribution in [0.15, 0.2) is 0 Å². The molecule has 0 saturated heterocycles. The summed E-state index contributed by atoms with van der Waals surface area (Å²) in [5.74, 6) is -0.771. The van der Waals surface area contributed by atoms with Crippen molar-refractivity contribution >= 4 is 17.9 Å². The van der Waals surface area contributed by atoms with E-state index in [0.717, 1.165) is 32.1 Å². The van der Waals surface area contributed by atoms with E-state index in [1.165, 1.54) is 167 Å². The van der Waals surface area contributed by atoms with Crippen LogP contribution < -0.4 is 16.0 Å². The van der Waals surface area contributed by atoms with Crippen LogP contribution >= 0.6 is 0 Å². The summed E-state index contributed by atoms with van der Waals surface area (Å²) in [6.45, 7) is 6.28. The first-order chi connectivity index (χ1) is 26.5. The Labute approximate surface area is 333 Å². The average Bonchev–Trinajstić information content (AvgIpc) is 3.17. The average molecular weight is 768 g/mol. The molecule has 0 aliphatic carbocycles. The zero-order valence-electron chi connectivity index (χ0n) is 35.9. The van der Waals surface area contributed by atoms with Gasteiger partial charge in [-0.1, -0.05) is 200 Å². The van der Waals surface area contributed by atoms with Crippen LogP contribution in [0.5, 0.6) is 0 Å².